The molecule has 0 atom stereocenters. The Bertz CT molecular complexity index is 946. The first-order valence-corrected chi connectivity index (χ1v) is 9.08. The summed E-state index contributed by atoms with van der Waals surface area (Å²) in [6.07, 6.45) is 1.61. The maximum absolute atomic E-state index is 12.8. The Hall–Kier alpha value is -3.43. The number of anilines is 1. The molecule has 10 nitrogen and oxygen atoms in total. The lowest BCUT2D eigenvalue weighted by atomic mass is 10.2. The van der Waals surface area contributed by atoms with E-state index >= 15 is 0 Å². The van der Waals surface area contributed by atoms with Gasteiger partial charge in [-0.2, -0.15) is 5.10 Å². The second-order valence-corrected chi connectivity index (χ2v) is 6.88. The molecule has 1 saturated heterocycles. The number of hydrogen-bond acceptors (Lipinski definition) is 6. The number of rotatable bonds is 3. The van der Waals surface area contributed by atoms with Gasteiger partial charge < -0.3 is 20.4 Å². The van der Waals surface area contributed by atoms with Crippen molar-refractivity contribution in [3.63, 3.8) is 0 Å². The molecule has 1 fully saturated rings. The van der Waals surface area contributed by atoms with Crippen LogP contribution in [0.3, 0.4) is 0 Å². The van der Waals surface area contributed by atoms with Crippen molar-refractivity contribution in [1.29, 1.82) is 0 Å². The van der Waals surface area contributed by atoms with Crippen LogP contribution in [0.1, 0.15) is 31.3 Å². The van der Waals surface area contributed by atoms with E-state index < -0.39 is 5.91 Å². The third kappa shape index (κ3) is 3.06. The molecule has 0 saturated carbocycles. The normalized spacial score (nSPS) is 16.9. The van der Waals surface area contributed by atoms with E-state index in [1.807, 2.05) is 4.90 Å². The summed E-state index contributed by atoms with van der Waals surface area (Å²) < 4.78 is 1.60. The second-order valence-electron chi connectivity index (χ2n) is 6.88. The zero-order chi connectivity index (χ0) is 19.8. The largest absolute Gasteiger partial charge is 0.365 e. The highest BCUT2D eigenvalue weighted by Crippen LogP contribution is 2.20. The molecule has 2 aliphatic heterocycles. The summed E-state index contributed by atoms with van der Waals surface area (Å²) >= 11 is 0. The number of hydrogen-bond donors (Lipinski definition) is 1. The predicted molar refractivity (Wildman–Crippen MR) is 100 cm³/mol. The van der Waals surface area contributed by atoms with Crippen LogP contribution in [0.4, 0.5) is 5.82 Å². The standard InChI is InChI=1S/C18H21N7O3/c1-22-5-10-25-14(18(22)28)11-13(21-25)17(27)24-8-6-23(7-9-24)16-12(15(19)26)3-2-4-20-16/h2-4,11H,5-10H2,1H3,(H2,19,26). The van der Waals surface area contributed by atoms with Crippen LogP contribution < -0.4 is 10.6 Å². The molecule has 2 N–H and O–H groups in total. The van der Waals surface area contributed by atoms with Crippen LogP contribution in [0.15, 0.2) is 24.4 Å². The number of likely N-dealkylation sites (N-methyl/N-ethyl adjacent to an activating group) is 1. The fourth-order valence-electron chi connectivity index (χ4n) is 3.53. The van der Waals surface area contributed by atoms with Crippen molar-refractivity contribution in [2.75, 3.05) is 44.7 Å². The maximum Gasteiger partial charge on any atom is 0.274 e. The minimum Gasteiger partial charge on any atom is -0.365 e. The molecule has 0 bridgehead atoms. The zero-order valence-corrected chi connectivity index (χ0v) is 15.5. The highest BCUT2D eigenvalue weighted by atomic mass is 16.2. The molecule has 2 aromatic rings. The number of carbonyl (C=O) groups excluding carboxylic acids is 3. The van der Waals surface area contributed by atoms with Gasteiger partial charge in [-0.3, -0.25) is 19.1 Å². The van der Waals surface area contributed by atoms with Gasteiger partial charge in [0, 0.05) is 52.0 Å². The Labute approximate surface area is 161 Å². The first-order valence-electron chi connectivity index (χ1n) is 9.08. The maximum atomic E-state index is 12.8. The number of pyridine rings is 1. The van der Waals surface area contributed by atoms with E-state index in [2.05, 4.69) is 10.1 Å². The van der Waals surface area contributed by atoms with E-state index in [0.29, 0.717) is 56.3 Å². The Kier molecular flexibility index (Phi) is 4.46. The Morgan fingerprint density at radius 3 is 2.57 bits per heavy atom. The summed E-state index contributed by atoms with van der Waals surface area (Å²) in [5.74, 6) is -0.321. The molecular weight excluding hydrogens is 362 g/mol. The summed E-state index contributed by atoms with van der Waals surface area (Å²) in [7, 11) is 1.73. The lowest BCUT2D eigenvalue weighted by Crippen LogP contribution is -2.49. The van der Waals surface area contributed by atoms with E-state index in [0.717, 1.165) is 0 Å². The molecule has 2 aromatic heterocycles. The van der Waals surface area contributed by atoms with Crippen molar-refractivity contribution in [2.24, 2.45) is 5.73 Å². The SMILES string of the molecule is CN1CCn2nc(C(=O)N3CCN(c4ncccc4C(N)=O)CC3)cc2C1=O. The van der Waals surface area contributed by atoms with Crippen LogP contribution in [0.25, 0.3) is 0 Å². The van der Waals surface area contributed by atoms with E-state index in [9.17, 15) is 14.4 Å². The van der Waals surface area contributed by atoms with E-state index in [-0.39, 0.29) is 17.5 Å². The molecule has 2 aliphatic rings. The van der Waals surface area contributed by atoms with Crippen molar-refractivity contribution in [1.82, 2.24) is 24.6 Å². The van der Waals surface area contributed by atoms with Gasteiger partial charge in [0.05, 0.1) is 12.1 Å². The van der Waals surface area contributed by atoms with Gasteiger partial charge in [-0.05, 0) is 12.1 Å². The topological polar surface area (TPSA) is 118 Å². The highest BCUT2D eigenvalue weighted by Gasteiger charge is 2.29. The van der Waals surface area contributed by atoms with Crippen molar-refractivity contribution >= 4 is 23.5 Å². The summed E-state index contributed by atoms with van der Waals surface area (Å²) in [4.78, 5) is 46.2. The first-order chi connectivity index (χ1) is 13.5. The highest BCUT2D eigenvalue weighted by molar-refractivity contribution is 5.99. The molecular formula is C18H21N7O3. The van der Waals surface area contributed by atoms with Gasteiger partial charge in [-0.1, -0.05) is 0 Å². The third-order valence-electron chi connectivity index (χ3n) is 5.13. The molecule has 0 aliphatic carbocycles. The van der Waals surface area contributed by atoms with Crippen LogP contribution in [-0.2, 0) is 6.54 Å². The number of nitrogens with two attached hydrogens (primary N) is 1. The molecule has 0 aromatic carbocycles. The number of amides is 3. The van der Waals surface area contributed by atoms with Crippen molar-refractivity contribution < 1.29 is 14.4 Å². The van der Waals surface area contributed by atoms with Gasteiger partial charge >= 0.3 is 0 Å². The summed E-state index contributed by atoms with van der Waals surface area (Å²) in [6, 6.07) is 4.88. The number of carbonyl (C=O) groups is 3. The Balaban J connectivity index is 1.46. The van der Waals surface area contributed by atoms with E-state index in [1.54, 1.807) is 45.9 Å². The van der Waals surface area contributed by atoms with Crippen LogP contribution >= 0.6 is 0 Å². The fraction of sp³-hybridized carbons (Fsp3) is 0.389. The van der Waals surface area contributed by atoms with Crippen LogP contribution in [0.2, 0.25) is 0 Å². The lowest BCUT2D eigenvalue weighted by Gasteiger charge is -2.35. The minimum atomic E-state index is -0.528. The molecule has 0 radical (unpaired) electrons. The van der Waals surface area contributed by atoms with Crippen molar-refractivity contribution in [3.8, 4) is 0 Å². The van der Waals surface area contributed by atoms with E-state index in [1.165, 1.54) is 0 Å². The average molecular weight is 383 g/mol. The number of primary amides is 1. The minimum absolute atomic E-state index is 0.128. The molecule has 10 heteroatoms. The Morgan fingerprint density at radius 2 is 1.86 bits per heavy atom. The second kappa shape index (κ2) is 6.95. The summed E-state index contributed by atoms with van der Waals surface area (Å²) in [5, 5.41) is 4.32. The van der Waals surface area contributed by atoms with Gasteiger partial charge in [0.2, 0.25) is 0 Å². The van der Waals surface area contributed by atoms with E-state index in [4.69, 9.17) is 5.73 Å². The molecule has 4 rings (SSSR count). The van der Waals surface area contributed by atoms with Crippen LogP contribution in [0.5, 0.6) is 0 Å². The number of nitrogens with zero attached hydrogens (tertiary/aromatic N) is 6. The van der Waals surface area contributed by atoms with Gasteiger partial charge in [-0.25, -0.2) is 4.98 Å². The van der Waals surface area contributed by atoms with Crippen LogP contribution in [0, 0.1) is 0 Å². The van der Waals surface area contributed by atoms with Gasteiger partial charge in [-0.15, -0.1) is 0 Å². The quantitative estimate of drug-likeness (QED) is 0.758. The molecule has 0 spiro atoms. The smallest absolute Gasteiger partial charge is 0.274 e. The van der Waals surface area contributed by atoms with Crippen LogP contribution in [-0.4, -0.2) is 82.1 Å². The molecule has 4 heterocycles. The van der Waals surface area contributed by atoms with Crippen molar-refractivity contribution in [2.45, 2.75) is 6.54 Å². The van der Waals surface area contributed by atoms with Gasteiger partial charge in [0.15, 0.2) is 5.69 Å². The van der Waals surface area contributed by atoms with Crippen molar-refractivity contribution in [3.05, 3.63) is 41.3 Å². The Morgan fingerprint density at radius 1 is 1.11 bits per heavy atom. The molecule has 28 heavy (non-hydrogen) atoms. The summed E-state index contributed by atoms with van der Waals surface area (Å²) in [5.41, 5.74) is 6.52. The number of piperazine rings is 1. The lowest BCUT2D eigenvalue weighted by molar-refractivity contribution is 0.0728. The van der Waals surface area contributed by atoms with Gasteiger partial charge in [0.25, 0.3) is 17.7 Å². The molecule has 0 unspecified atom stereocenters. The third-order valence-corrected chi connectivity index (χ3v) is 5.13. The average Bonchev–Trinajstić information content (AvgIpc) is 3.15. The summed E-state index contributed by atoms with van der Waals surface area (Å²) in [6.45, 7) is 3.13. The predicted octanol–water partition coefficient (Wildman–Crippen LogP) is -0.575. The number of fused-ring (bicyclic) bond motifs is 1. The fourth-order valence-corrected chi connectivity index (χ4v) is 3.53. The number of aromatic nitrogens is 3. The zero-order valence-electron chi connectivity index (χ0n) is 15.5. The first kappa shape index (κ1) is 18.0. The van der Waals surface area contributed by atoms with Gasteiger partial charge in [0.1, 0.15) is 11.5 Å². The monoisotopic (exact) mass is 383 g/mol. The molecule has 146 valence electrons. The molecule has 3 amide bonds.